The Morgan fingerprint density at radius 2 is 2.00 bits per heavy atom. The number of carboxylic acids is 1. The summed E-state index contributed by atoms with van der Waals surface area (Å²) in [4.78, 5) is 25.1. The molecule has 0 aliphatic rings. The number of fused-ring (bicyclic) bond motifs is 1. The molecule has 0 fully saturated rings. The van der Waals surface area contributed by atoms with Crippen LogP contribution in [0.5, 0.6) is 0 Å². The van der Waals surface area contributed by atoms with E-state index in [1.165, 1.54) is 0 Å². The SMILES string of the molecule is CN(C)c1ncc(CN[C@H](Cc2c[nH]c3ccccc23)C(=O)O)cn1. The van der Waals surface area contributed by atoms with Gasteiger partial charge in [0.15, 0.2) is 0 Å². The highest BCUT2D eigenvalue weighted by atomic mass is 16.4. The third-order valence-corrected chi connectivity index (χ3v) is 4.04. The van der Waals surface area contributed by atoms with Crippen molar-refractivity contribution in [1.29, 1.82) is 0 Å². The Balaban J connectivity index is 1.68. The summed E-state index contributed by atoms with van der Waals surface area (Å²) in [5.74, 6) is -0.256. The van der Waals surface area contributed by atoms with E-state index in [0.717, 1.165) is 22.0 Å². The Kier molecular flexibility index (Phi) is 4.95. The van der Waals surface area contributed by atoms with Crippen molar-refractivity contribution in [3.63, 3.8) is 0 Å². The van der Waals surface area contributed by atoms with Crippen molar-refractivity contribution in [2.24, 2.45) is 0 Å². The maximum absolute atomic E-state index is 11.6. The lowest BCUT2D eigenvalue weighted by atomic mass is 10.0. The van der Waals surface area contributed by atoms with E-state index < -0.39 is 12.0 Å². The summed E-state index contributed by atoms with van der Waals surface area (Å²) < 4.78 is 0. The minimum Gasteiger partial charge on any atom is -0.480 e. The Morgan fingerprint density at radius 3 is 2.68 bits per heavy atom. The van der Waals surface area contributed by atoms with Gasteiger partial charge in [0.25, 0.3) is 0 Å². The first-order valence-electron chi connectivity index (χ1n) is 8.04. The second-order valence-electron chi connectivity index (χ2n) is 6.12. The fraction of sp³-hybridized carbons (Fsp3) is 0.278. The number of hydrogen-bond donors (Lipinski definition) is 3. The molecule has 0 saturated heterocycles. The molecule has 130 valence electrons. The van der Waals surface area contributed by atoms with Gasteiger partial charge in [-0.2, -0.15) is 0 Å². The first-order valence-corrected chi connectivity index (χ1v) is 8.04. The second kappa shape index (κ2) is 7.31. The molecule has 1 atom stereocenters. The second-order valence-corrected chi connectivity index (χ2v) is 6.12. The molecule has 3 rings (SSSR count). The molecule has 0 amide bonds. The van der Waals surface area contributed by atoms with E-state index in [1.807, 2.05) is 49.5 Å². The number of rotatable bonds is 7. The maximum Gasteiger partial charge on any atom is 0.321 e. The zero-order chi connectivity index (χ0) is 17.8. The quantitative estimate of drug-likeness (QED) is 0.608. The number of aromatic nitrogens is 3. The molecule has 3 aromatic rings. The molecule has 1 aromatic carbocycles. The molecule has 2 aromatic heterocycles. The first kappa shape index (κ1) is 16.9. The van der Waals surface area contributed by atoms with Gasteiger partial charge >= 0.3 is 5.97 Å². The van der Waals surface area contributed by atoms with Gasteiger partial charge in [0.05, 0.1) is 0 Å². The summed E-state index contributed by atoms with van der Waals surface area (Å²) in [5, 5.41) is 13.7. The fourth-order valence-corrected chi connectivity index (χ4v) is 2.68. The van der Waals surface area contributed by atoms with Crippen molar-refractivity contribution in [2.75, 3.05) is 19.0 Å². The van der Waals surface area contributed by atoms with Crippen molar-refractivity contribution < 1.29 is 9.90 Å². The molecule has 25 heavy (non-hydrogen) atoms. The van der Waals surface area contributed by atoms with Crippen LogP contribution in [-0.4, -0.2) is 46.2 Å². The van der Waals surface area contributed by atoms with Crippen LogP contribution in [0, 0.1) is 0 Å². The largest absolute Gasteiger partial charge is 0.480 e. The number of aliphatic carboxylic acids is 1. The standard InChI is InChI=1S/C18H21N5O2/c1-23(2)18-21-9-12(10-22-18)8-19-16(17(24)25)7-13-11-20-15-6-4-3-5-14(13)15/h3-6,9-11,16,19-20H,7-8H2,1-2H3,(H,24,25)/t16-/m1/s1. The minimum atomic E-state index is -0.879. The number of hydrogen-bond acceptors (Lipinski definition) is 5. The Morgan fingerprint density at radius 1 is 1.28 bits per heavy atom. The number of benzene rings is 1. The van der Waals surface area contributed by atoms with E-state index in [9.17, 15) is 9.90 Å². The molecule has 3 N–H and O–H groups in total. The molecule has 7 heteroatoms. The van der Waals surface area contributed by atoms with Gasteiger partial charge in [-0.3, -0.25) is 10.1 Å². The molecule has 7 nitrogen and oxygen atoms in total. The van der Waals surface area contributed by atoms with Gasteiger partial charge in [-0.15, -0.1) is 0 Å². The van der Waals surface area contributed by atoms with E-state index in [1.54, 1.807) is 12.4 Å². The lowest BCUT2D eigenvalue weighted by molar-refractivity contribution is -0.139. The maximum atomic E-state index is 11.6. The van der Waals surface area contributed by atoms with E-state index in [4.69, 9.17) is 0 Å². The van der Waals surface area contributed by atoms with E-state index in [0.29, 0.717) is 18.9 Å². The van der Waals surface area contributed by atoms with Gasteiger partial charge in [-0.05, 0) is 11.6 Å². The number of H-pyrrole nitrogens is 1. The van der Waals surface area contributed by atoms with Gasteiger partial charge in [-0.25, -0.2) is 9.97 Å². The normalized spacial score (nSPS) is 12.2. The fourth-order valence-electron chi connectivity index (χ4n) is 2.68. The van der Waals surface area contributed by atoms with Gasteiger partial charge < -0.3 is 15.0 Å². The van der Waals surface area contributed by atoms with Crippen LogP contribution in [0.4, 0.5) is 5.95 Å². The van der Waals surface area contributed by atoms with Crippen LogP contribution in [0.15, 0.2) is 42.9 Å². The number of carbonyl (C=O) groups is 1. The first-order chi connectivity index (χ1) is 12.0. The van der Waals surface area contributed by atoms with Gasteiger partial charge in [-0.1, -0.05) is 18.2 Å². The number of nitrogens with one attached hydrogen (secondary N) is 2. The highest BCUT2D eigenvalue weighted by Crippen LogP contribution is 2.19. The van der Waals surface area contributed by atoms with Crippen LogP contribution in [0.3, 0.4) is 0 Å². The number of para-hydroxylation sites is 1. The number of anilines is 1. The molecule has 2 heterocycles. The topological polar surface area (TPSA) is 94.1 Å². The summed E-state index contributed by atoms with van der Waals surface area (Å²) in [5.41, 5.74) is 2.83. The predicted molar refractivity (Wildman–Crippen MR) is 96.6 cm³/mol. The molecule has 0 radical (unpaired) electrons. The third-order valence-electron chi connectivity index (χ3n) is 4.04. The van der Waals surface area contributed by atoms with Crippen molar-refractivity contribution in [1.82, 2.24) is 20.3 Å². The van der Waals surface area contributed by atoms with E-state index >= 15 is 0 Å². The lowest BCUT2D eigenvalue weighted by Crippen LogP contribution is -2.38. The zero-order valence-electron chi connectivity index (χ0n) is 14.2. The summed E-state index contributed by atoms with van der Waals surface area (Å²) in [6.45, 7) is 0.396. The van der Waals surface area contributed by atoms with E-state index in [-0.39, 0.29) is 0 Å². The van der Waals surface area contributed by atoms with Crippen molar-refractivity contribution >= 4 is 22.8 Å². The number of aromatic amines is 1. The summed E-state index contributed by atoms with van der Waals surface area (Å²) in [7, 11) is 3.74. The molecule has 0 unspecified atom stereocenters. The van der Waals surface area contributed by atoms with Gasteiger partial charge in [0, 0.05) is 62.1 Å². The third kappa shape index (κ3) is 3.95. The van der Waals surface area contributed by atoms with Gasteiger partial charge in [0.2, 0.25) is 5.95 Å². The molecule has 0 aliphatic carbocycles. The molecule has 0 saturated carbocycles. The molecule has 0 bridgehead atoms. The highest BCUT2D eigenvalue weighted by molar-refractivity contribution is 5.84. The van der Waals surface area contributed by atoms with E-state index in [2.05, 4.69) is 20.3 Å². The minimum absolute atomic E-state index is 0.396. The lowest BCUT2D eigenvalue weighted by Gasteiger charge is -2.15. The summed E-state index contributed by atoms with van der Waals surface area (Å²) in [6, 6.07) is 7.19. The molecular formula is C18H21N5O2. The molecule has 0 spiro atoms. The average Bonchev–Trinajstić information content (AvgIpc) is 3.01. The summed E-state index contributed by atoms with van der Waals surface area (Å²) >= 11 is 0. The Hall–Kier alpha value is -2.93. The van der Waals surface area contributed by atoms with Crippen LogP contribution in [0.25, 0.3) is 10.9 Å². The number of nitrogens with zero attached hydrogens (tertiary/aromatic N) is 3. The average molecular weight is 339 g/mol. The van der Waals surface area contributed by atoms with Crippen LogP contribution >= 0.6 is 0 Å². The van der Waals surface area contributed by atoms with Crippen molar-refractivity contribution in [3.8, 4) is 0 Å². The van der Waals surface area contributed by atoms with Crippen molar-refractivity contribution in [3.05, 3.63) is 54.0 Å². The summed E-state index contributed by atoms with van der Waals surface area (Å²) in [6.07, 6.45) is 5.69. The van der Waals surface area contributed by atoms with Crippen molar-refractivity contribution in [2.45, 2.75) is 19.0 Å². The smallest absolute Gasteiger partial charge is 0.321 e. The van der Waals surface area contributed by atoms with Gasteiger partial charge in [0.1, 0.15) is 6.04 Å². The number of carboxylic acid groups (broad SMARTS) is 1. The monoisotopic (exact) mass is 339 g/mol. The molecular weight excluding hydrogens is 318 g/mol. The van der Waals surface area contributed by atoms with Crippen LogP contribution < -0.4 is 10.2 Å². The van der Waals surface area contributed by atoms with Crippen LogP contribution in [0.2, 0.25) is 0 Å². The zero-order valence-corrected chi connectivity index (χ0v) is 14.2. The highest BCUT2D eigenvalue weighted by Gasteiger charge is 2.19. The Labute approximate surface area is 145 Å². The molecule has 0 aliphatic heterocycles. The predicted octanol–water partition coefficient (Wildman–Crippen LogP) is 1.81. The Bertz CT molecular complexity index is 857. The van der Waals surface area contributed by atoms with Crippen LogP contribution in [-0.2, 0) is 17.8 Å². The van der Waals surface area contributed by atoms with Crippen LogP contribution in [0.1, 0.15) is 11.1 Å².